The zero-order valence-electron chi connectivity index (χ0n) is 70.7. The van der Waals surface area contributed by atoms with E-state index in [0.29, 0.717) is 34.5 Å². The van der Waals surface area contributed by atoms with Gasteiger partial charge in [0.1, 0.15) is 0 Å². The maximum Gasteiger partial charge on any atom is 0.0787 e. The van der Waals surface area contributed by atoms with Crippen molar-refractivity contribution in [3.8, 4) is 0 Å². The molecule has 8 heteroatoms. The Labute approximate surface area is 576 Å². The fourth-order valence-electron chi connectivity index (χ4n) is 13.8. The largest absolute Gasteiger partial charge is 0.264 e. The zero-order valence-corrected chi connectivity index (χ0v) is 51.7. The average Bonchev–Trinajstić information content (AvgIpc) is 0.777. The van der Waals surface area contributed by atoms with Crippen molar-refractivity contribution in [1.29, 1.82) is 0 Å². The van der Waals surface area contributed by atoms with Gasteiger partial charge >= 0.3 is 0 Å². The second-order valence-electron chi connectivity index (χ2n) is 23.8. The van der Waals surface area contributed by atoms with E-state index in [1.165, 1.54) is 86.2 Å². The molecule has 0 aliphatic carbocycles. The number of benzene rings is 12. The van der Waals surface area contributed by atoms with Crippen molar-refractivity contribution >= 4 is 162 Å². The van der Waals surface area contributed by atoms with E-state index in [-0.39, 0.29) is 0 Å². The molecule has 0 N–H and O–H groups in total. The SMILES string of the molecule is [2H]Cc1ccc2c(c1)c1cnccc1c1ncccc21.[2H]Cc1ccc2c3ccccc3c3ccncc3c2c1.[2H]Cc1ccc2c3ccccc3c3ncccc3c2c1.[2H]Cc1ccc2c3ccncc3c3ccncc3c2c1.[2H]Cc1ccc2c3ccncc3c3cnccc3c2c1.[2H][2H].[2H][2H].[2H][2H].[2H][2H].[2H][2H].[2H][2H].[2H][2H]. The number of fused-ring (bicyclic) bond motifs is 30. The molecule has 464 valence electrons. The van der Waals surface area contributed by atoms with Crippen LogP contribution in [0.4, 0.5) is 0 Å². The second-order valence-corrected chi connectivity index (χ2v) is 23.8. The summed E-state index contributed by atoms with van der Waals surface area (Å²) >= 11 is 0. The number of aromatic nitrogens is 8. The Morgan fingerprint density at radius 1 is 0.200 bits per heavy atom. The number of rotatable bonds is 0. The molecule has 12 aromatic carbocycles. The molecular weight excluding hydrogens is 1160 g/mol. The van der Waals surface area contributed by atoms with Crippen LogP contribution in [0.2, 0.25) is 0 Å². The Bertz CT molecular complexity index is 5520. The first kappa shape index (κ1) is 45.9. The normalized spacial score (nSPS) is 12.7. The highest BCUT2D eigenvalue weighted by Crippen LogP contribution is 2.40. The van der Waals surface area contributed by atoms with E-state index < -0.39 is 0 Å². The first-order chi connectivity index (χ1) is 56.4. The van der Waals surface area contributed by atoms with Crippen LogP contribution in [0.3, 0.4) is 0 Å². The summed E-state index contributed by atoms with van der Waals surface area (Å²) in [5.74, 6) is 0. The molecule has 0 saturated carbocycles. The number of aryl methyl sites for hydroxylation is 5. The van der Waals surface area contributed by atoms with Crippen LogP contribution in [0.25, 0.3) is 162 Å². The number of pyridine rings is 8. The minimum absolute atomic E-state index is 0.294. The second kappa shape index (κ2) is 24.4. The molecule has 8 heterocycles. The Balaban J connectivity index is 0.000000157. The van der Waals surface area contributed by atoms with Gasteiger partial charge in [-0.15, -0.1) is 0 Å². The van der Waals surface area contributed by atoms with Crippen LogP contribution in [-0.4, -0.2) is 39.9 Å². The van der Waals surface area contributed by atoms with Crippen molar-refractivity contribution in [1.82, 2.24) is 39.9 Å². The molecule has 95 heavy (non-hydrogen) atoms. The summed E-state index contributed by atoms with van der Waals surface area (Å²) in [7, 11) is 0. The van der Waals surface area contributed by atoms with E-state index in [1.807, 2.05) is 147 Å². The molecule has 0 atom stereocenters. The zero-order chi connectivity index (χ0) is 81.6. The Morgan fingerprint density at radius 3 is 0.758 bits per heavy atom. The minimum Gasteiger partial charge on any atom is -0.264 e. The summed E-state index contributed by atoms with van der Waals surface area (Å²) in [5, 5.41) is 33.0. The van der Waals surface area contributed by atoms with Crippen molar-refractivity contribution in [3.63, 3.8) is 0 Å². The smallest absolute Gasteiger partial charge is 0.0787 e. The van der Waals surface area contributed by atoms with Crippen molar-refractivity contribution in [3.05, 3.63) is 315 Å². The highest BCUT2D eigenvalue weighted by atomic mass is 14.7. The lowest BCUT2D eigenvalue weighted by atomic mass is 9.94. The fraction of sp³-hybridized carbons (Fsp3) is 0.0575. The van der Waals surface area contributed by atoms with Gasteiger partial charge in [0.25, 0.3) is 0 Å². The van der Waals surface area contributed by atoms with Gasteiger partial charge in [-0.3, -0.25) is 39.9 Å². The van der Waals surface area contributed by atoms with Gasteiger partial charge in [-0.05, 0) is 180 Å². The van der Waals surface area contributed by atoms with Crippen LogP contribution in [-0.2, 0) is 0 Å². The maximum absolute atomic E-state index is 7.57. The lowest BCUT2D eigenvalue weighted by Crippen LogP contribution is -1.86. The van der Waals surface area contributed by atoms with E-state index in [4.69, 9.17) is 27.6 Å². The van der Waals surface area contributed by atoms with E-state index in [0.717, 1.165) is 103 Å². The van der Waals surface area contributed by atoms with Crippen LogP contribution in [0.1, 0.15) is 55.5 Å². The van der Waals surface area contributed by atoms with Crippen LogP contribution >= 0.6 is 0 Å². The predicted octanol–water partition coefficient (Wildman–Crippen LogP) is 24.2. The Kier molecular flexibility index (Phi) is 11.8. The fourth-order valence-corrected chi connectivity index (χ4v) is 13.8. The lowest BCUT2D eigenvalue weighted by Gasteiger charge is -2.10. The molecule has 0 spiro atoms. The first-order valence-corrected chi connectivity index (χ1v) is 31.3. The molecule has 20 rings (SSSR count). The Hall–Kier alpha value is -12.3. The molecule has 0 saturated heterocycles. The van der Waals surface area contributed by atoms with Gasteiger partial charge in [-0.2, -0.15) is 0 Å². The van der Waals surface area contributed by atoms with E-state index >= 15 is 0 Å². The van der Waals surface area contributed by atoms with Gasteiger partial charge in [0.05, 0.1) is 11.0 Å². The standard InChI is InChI=1S/2C18H13N.3C17H12N2.7H2/c1-12-8-9-14-13-5-2-3-6-15(13)18-16(17(14)11-12)7-4-10-19-18;1-12-6-7-15-13-4-2-3-5-14(13)16-8-9-19-11-18(16)17(15)10-12;1-11-2-3-12-13-4-6-18-9-16(13)14-5-7-19-10-17(14)15(12)8-11;1-11-2-3-12-13-4-6-18-9-16(13)17-10-19-7-5-14(17)15(12)8-11;1-11-4-5-12-13-3-2-7-19-17(13)14-6-8-18-10-16(14)15(12)9-11;;;;;;;/h2*2-11H,1H3;3*2-10H,1H3;7*1H/i5*1D;7*1+1D. The van der Waals surface area contributed by atoms with E-state index in [9.17, 15) is 0 Å². The first-order valence-electron chi connectivity index (χ1n) is 41.8. The van der Waals surface area contributed by atoms with Crippen LogP contribution in [0.5, 0.6) is 0 Å². The van der Waals surface area contributed by atoms with Crippen LogP contribution in [0.15, 0.2) is 287 Å². The topological polar surface area (TPSA) is 103 Å². The Morgan fingerprint density at radius 2 is 0.400 bits per heavy atom. The molecule has 8 aromatic heterocycles. The highest BCUT2D eigenvalue weighted by Gasteiger charge is 2.14. The molecular formula is C87H76N8. The average molecular weight is 1250 g/mol. The summed E-state index contributed by atoms with van der Waals surface area (Å²) in [6.07, 6.45) is 26.0. The van der Waals surface area contributed by atoms with Gasteiger partial charge < -0.3 is 0 Å². The lowest BCUT2D eigenvalue weighted by molar-refractivity contribution is 1.35. The summed E-state index contributed by atoms with van der Waals surface area (Å²) in [5.41, 5.74) is 7.20. The quantitative estimate of drug-likeness (QED) is 0.138. The summed E-state index contributed by atoms with van der Waals surface area (Å²) in [6, 6.07) is 68.6. The number of nitrogens with zero attached hydrogens (tertiary/aromatic N) is 8. The molecule has 20 aromatic rings. The molecule has 0 bridgehead atoms. The summed E-state index contributed by atoms with van der Waals surface area (Å²) < 4.78 is 108. The number of hydrogen-bond acceptors (Lipinski definition) is 8. The van der Waals surface area contributed by atoms with Gasteiger partial charge in [0, 0.05) is 168 Å². The molecule has 0 fully saturated rings. The van der Waals surface area contributed by atoms with Crippen molar-refractivity contribution in [2.24, 2.45) is 0 Å². The van der Waals surface area contributed by atoms with Gasteiger partial charge in [0.2, 0.25) is 0 Å². The highest BCUT2D eigenvalue weighted by molar-refractivity contribution is 6.29. The van der Waals surface area contributed by atoms with Gasteiger partial charge in [-0.25, -0.2) is 0 Å². The number of hydrogen-bond donors (Lipinski definition) is 0. The van der Waals surface area contributed by atoms with Gasteiger partial charge in [-0.1, -0.05) is 179 Å². The third kappa shape index (κ3) is 10.5. The van der Waals surface area contributed by atoms with Crippen molar-refractivity contribution in [2.75, 3.05) is 0 Å². The van der Waals surface area contributed by atoms with Crippen molar-refractivity contribution in [2.45, 2.75) is 34.5 Å². The third-order valence-corrected chi connectivity index (χ3v) is 18.1. The molecule has 0 radical (unpaired) electrons. The predicted molar refractivity (Wildman–Crippen MR) is 416 cm³/mol. The molecule has 8 nitrogen and oxygen atoms in total. The van der Waals surface area contributed by atoms with E-state index in [1.54, 1.807) is 6.20 Å². The summed E-state index contributed by atoms with van der Waals surface area (Å²) in [4.78, 5) is 34.6. The third-order valence-electron chi connectivity index (χ3n) is 18.1. The minimum atomic E-state index is 0.294. The molecule has 0 unspecified atom stereocenters. The summed E-state index contributed by atoms with van der Waals surface area (Å²) in [6.45, 7) is 1.51. The van der Waals surface area contributed by atoms with Gasteiger partial charge in [0.15, 0.2) is 0 Å². The molecule has 0 aliphatic heterocycles. The van der Waals surface area contributed by atoms with Crippen LogP contribution < -0.4 is 0 Å². The maximum atomic E-state index is 7.57. The molecule has 0 aliphatic rings. The molecule has 0 amide bonds. The van der Waals surface area contributed by atoms with Crippen molar-refractivity contribution < 1.29 is 27.6 Å². The van der Waals surface area contributed by atoms with Crippen LogP contribution in [0, 0.1) is 34.5 Å². The van der Waals surface area contributed by atoms with E-state index in [2.05, 4.69) is 173 Å². The monoisotopic (exact) mass is 1250 g/mol.